The van der Waals surface area contributed by atoms with Crippen LogP contribution >= 0.6 is 0 Å². The van der Waals surface area contributed by atoms with E-state index in [0.717, 1.165) is 10.6 Å². The molecule has 1 aromatic carbocycles. The van der Waals surface area contributed by atoms with E-state index in [0.29, 0.717) is 11.3 Å². The average Bonchev–Trinajstić information content (AvgIpc) is 3.06. The van der Waals surface area contributed by atoms with Gasteiger partial charge in [-0.05, 0) is 17.7 Å². The van der Waals surface area contributed by atoms with Crippen LogP contribution in [0.15, 0.2) is 35.1 Å². The molecule has 0 spiro atoms. The van der Waals surface area contributed by atoms with Crippen LogP contribution in [-0.2, 0) is 9.59 Å². The quantitative estimate of drug-likeness (QED) is 0.619. The highest BCUT2D eigenvalue weighted by atomic mass is 16.2. The van der Waals surface area contributed by atoms with Gasteiger partial charge in [0, 0.05) is 12.5 Å². The second kappa shape index (κ2) is 5.38. The van der Waals surface area contributed by atoms with Crippen molar-refractivity contribution in [2.45, 2.75) is 12.3 Å². The summed E-state index contributed by atoms with van der Waals surface area (Å²) in [7, 11) is 0. The van der Waals surface area contributed by atoms with Gasteiger partial charge < -0.3 is 5.73 Å². The molecule has 4 rings (SSSR count). The lowest BCUT2D eigenvalue weighted by Gasteiger charge is -2.13. The summed E-state index contributed by atoms with van der Waals surface area (Å²) in [5.41, 5.74) is 6.30. The van der Waals surface area contributed by atoms with Crippen LogP contribution in [0, 0.1) is 0 Å². The number of aromatic nitrogens is 1. The first-order chi connectivity index (χ1) is 12.4. The van der Waals surface area contributed by atoms with Gasteiger partial charge in [0.15, 0.2) is 0 Å². The van der Waals surface area contributed by atoms with Gasteiger partial charge in [-0.25, -0.2) is 0 Å². The number of hydrogen-bond donors (Lipinski definition) is 3. The number of nitrogens with two attached hydrogens (primary N) is 1. The number of anilines is 1. The van der Waals surface area contributed by atoms with Gasteiger partial charge in [0.05, 0.1) is 22.7 Å². The van der Waals surface area contributed by atoms with Crippen molar-refractivity contribution in [2.24, 2.45) is 0 Å². The van der Waals surface area contributed by atoms with E-state index in [1.54, 1.807) is 24.3 Å². The number of nitrogen functional groups attached to an aromatic ring is 1. The number of fused-ring (bicyclic) bond motifs is 1. The second-order valence-corrected chi connectivity index (χ2v) is 6.04. The number of carbonyl (C=O) groups excluding carboxylic acids is 4. The number of nitrogens with one attached hydrogen (secondary N) is 2. The summed E-state index contributed by atoms with van der Waals surface area (Å²) >= 11 is 0. The van der Waals surface area contributed by atoms with Gasteiger partial charge in [0.1, 0.15) is 5.82 Å². The summed E-state index contributed by atoms with van der Waals surface area (Å²) in [5, 5.41) is 4.34. The molecule has 1 unspecified atom stereocenters. The fourth-order valence-corrected chi connectivity index (χ4v) is 3.22. The fraction of sp³-hybridized carbons (Fsp3) is 0.118. The highest BCUT2D eigenvalue weighted by Crippen LogP contribution is 2.27. The molecular weight excluding hydrogens is 340 g/mol. The van der Waals surface area contributed by atoms with Crippen LogP contribution < -0.4 is 21.9 Å². The molecule has 1 atom stereocenters. The van der Waals surface area contributed by atoms with Crippen molar-refractivity contribution >= 4 is 29.4 Å². The van der Waals surface area contributed by atoms with Crippen molar-refractivity contribution in [3.63, 3.8) is 0 Å². The van der Waals surface area contributed by atoms with Gasteiger partial charge in [-0.1, -0.05) is 12.1 Å². The van der Waals surface area contributed by atoms with Crippen LogP contribution in [0.1, 0.15) is 38.6 Å². The van der Waals surface area contributed by atoms with E-state index in [9.17, 15) is 24.0 Å². The van der Waals surface area contributed by atoms with Crippen LogP contribution in [0.2, 0.25) is 0 Å². The Morgan fingerprint density at radius 1 is 0.962 bits per heavy atom. The molecule has 4 amide bonds. The number of imide groups is 2. The van der Waals surface area contributed by atoms with Crippen LogP contribution in [0.25, 0.3) is 5.69 Å². The van der Waals surface area contributed by atoms with E-state index in [-0.39, 0.29) is 35.2 Å². The van der Waals surface area contributed by atoms with Gasteiger partial charge in [-0.3, -0.25) is 39.2 Å². The molecule has 1 aromatic heterocycles. The summed E-state index contributed by atoms with van der Waals surface area (Å²) in [6.45, 7) is 0. The summed E-state index contributed by atoms with van der Waals surface area (Å²) in [4.78, 5) is 59.0. The van der Waals surface area contributed by atoms with Crippen molar-refractivity contribution in [1.82, 2.24) is 15.2 Å². The Kier molecular flexibility index (Phi) is 3.26. The van der Waals surface area contributed by atoms with Crippen LogP contribution in [0.4, 0.5) is 5.82 Å². The minimum Gasteiger partial charge on any atom is -0.384 e. The van der Waals surface area contributed by atoms with Gasteiger partial charge in [0.2, 0.25) is 11.8 Å². The number of pyridine rings is 1. The maximum atomic E-state index is 12.4. The molecule has 0 aliphatic carbocycles. The predicted octanol–water partition coefficient (Wildman–Crippen LogP) is -0.567. The summed E-state index contributed by atoms with van der Waals surface area (Å²) < 4.78 is 1.11. The molecule has 1 fully saturated rings. The maximum Gasteiger partial charge on any atom is 0.262 e. The predicted molar refractivity (Wildman–Crippen MR) is 88.8 cm³/mol. The minimum absolute atomic E-state index is 0.0422. The molecule has 0 saturated carbocycles. The minimum atomic E-state index is -0.659. The third-order valence-corrected chi connectivity index (χ3v) is 4.48. The molecule has 4 N–H and O–H groups in total. The van der Waals surface area contributed by atoms with Gasteiger partial charge >= 0.3 is 0 Å². The second-order valence-electron chi connectivity index (χ2n) is 6.04. The number of hydrogen-bond acceptors (Lipinski definition) is 6. The lowest BCUT2D eigenvalue weighted by Crippen LogP contribution is -2.24. The van der Waals surface area contributed by atoms with Crippen LogP contribution in [0.5, 0.6) is 0 Å². The SMILES string of the molecule is Nc1c2c(cc(=O)n1-c1ccc(C3CC(=O)NC3=O)cc1)C(=O)NC2=O. The molecular formula is C17H12N4O5. The number of amides is 4. The first-order valence-electron chi connectivity index (χ1n) is 7.72. The molecule has 130 valence electrons. The number of nitrogens with zero attached hydrogens (tertiary/aromatic N) is 1. The van der Waals surface area contributed by atoms with Crippen LogP contribution in [0.3, 0.4) is 0 Å². The number of benzene rings is 1. The Morgan fingerprint density at radius 3 is 2.27 bits per heavy atom. The first kappa shape index (κ1) is 15.8. The van der Waals surface area contributed by atoms with Gasteiger partial charge in [-0.2, -0.15) is 0 Å². The summed E-state index contributed by atoms with van der Waals surface area (Å²) in [5.74, 6) is -2.74. The number of rotatable bonds is 2. The third-order valence-electron chi connectivity index (χ3n) is 4.48. The van der Waals surface area contributed by atoms with Crippen molar-refractivity contribution < 1.29 is 19.2 Å². The standard InChI is InChI=1S/C17H12N4O5/c18-14-13-10(16(25)20-17(13)26)6-12(23)21(14)8-3-1-7(2-4-8)9-5-11(22)19-15(9)24/h1-4,6,9H,5,18H2,(H,19,22,24)(H,20,25,26). The summed E-state index contributed by atoms with van der Waals surface area (Å²) in [6, 6.07) is 7.41. The Bertz CT molecular complexity index is 1070. The largest absolute Gasteiger partial charge is 0.384 e. The molecule has 26 heavy (non-hydrogen) atoms. The maximum absolute atomic E-state index is 12.4. The van der Waals surface area contributed by atoms with Gasteiger partial charge in [-0.15, -0.1) is 0 Å². The Morgan fingerprint density at radius 2 is 1.65 bits per heavy atom. The fourth-order valence-electron chi connectivity index (χ4n) is 3.22. The van der Waals surface area contributed by atoms with E-state index in [1.807, 2.05) is 0 Å². The molecule has 2 aliphatic rings. The topological polar surface area (TPSA) is 140 Å². The zero-order chi connectivity index (χ0) is 18.6. The van der Waals surface area contributed by atoms with Crippen molar-refractivity contribution in [1.29, 1.82) is 0 Å². The monoisotopic (exact) mass is 352 g/mol. The van der Waals surface area contributed by atoms with Crippen molar-refractivity contribution in [2.75, 3.05) is 5.73 Å². The number of carbonyl (C=O) groups is 4. The normalized spacial score (nSPS) is 18.7. The zero-order valence-electron chi connectivity index (χ0n) is 13.2. The smallest absolute Gasteiger partial charge is 0.262 e. The molecule has 2 aromatic rings. The Hall–Kier alpha value is -3.75. The lowest BCUT2D eigenvalue weighted by atomic mass is 9.97. The van der Waals surface area contributed by atoms with E-state index in [2.05, 4.69) is 10.6 Å². The highest BCUT2D eigenvalue weighted by Gasteiger charge is 2.33. The van der Waals surface area contributed by atoms with E-state index in [1.165, 1.54) is 0 Å². The first-order valence-corrected chi connectivity index (χ1v) is 7.72. The average molecular weight is 352 g/mol. The third kappa shape index (κ3) is 2.21. The molecule has 1 saturated heterocycles. The Balaban J connectivity index is 1.78. The van der Waals surface area contributed by atoms with Gasteiger partial charge in [0.25, 0.3) is 17.4 Å². The Labute approximate surface area is 145 Å². The molecule has 0 bridgehead atoms. The van der Waals surface area contributed by atoms with E-state index in [4.69, 9.17) is 5.73 Å². The lowest BCUT2D eigenvalue weighted by molar-refractivity contribution is -0.125. The molecule has 3 heterocycles. The van der Waals surface area contributed by atoms with E-state index >= 15 is 0 Å². The summed E-state index contributed by atoms with van der Waals surface area (Å²) in [6.07, 6.45) is 0.0708. The van der Waals surface area contributed by atoms with Crippen molar-refractivity contribution in [3.8, 4) is 5.69 Å². The van der Waals surface area contributed by atoms with Crippen molar-refractivity contribution in [3.05, 3.63) is 57.4 Å². The molecule has 9 heteroatoms. The molecule has 9 nitrogen and oxygen atoms in total. The molecule has 0 radical (unpaired) electrons. The van der Waals surface area contributed by atoms with Crippen LogP contribution in [-0.4, -0.2) is 28.2 Å². The highest BCUT2D eigenvalue weighted by molar-refractivity contribution is 6.23. The zero-order valence-corrected chi connectivity index (χ0v) is 13.2. The molecule has 2 aliphatic heterocycles. The van der Waals surface area contributed by atoms with E-state index < -0.39 is 23.3 Å².